The number of hydrogen-bond donors (Lipinski definition) is 1. The number of thiophene rings is 1. The molecule has 116 valence electrons. The highest BCUT2D eigenvalue weighted by Crippen LogP contribution is 2.31. The molecule has 2 heterocycles. The normalized spacial score (nSPS) is 22.9. The number of ether oxygens (including phenoxy) is 1. The van der Waals surface area contributed by atoms with E-state index in [4.69, 9.17) is 4.74 Å². The van der Waals surface area contributed by atoms with Crippen molar-refractivity contribution in [1.29, 1.82) is 0 Å². The number of nitrogens with zero attached hydrogens (tertiary/aromatic N) is 1. The van der Waals surface area contributed by atoms with Crippen LogP contribution in [-0.2, 0) is 9.53 Å². The average molecular weight is 310 g/mol. The van der Waals surface area contributed by atoms with Gasteiger partial charge < -0.3 is 15.0 Å². The van der Waals surface area contributed by atoms with E-state index in [1.54, 1.807) is 16.2 Å². The van der Waals surface area contributed by atoms with Crippen molar-refractivity contribution in [3.8, 4) is 0 Å². The van der Waals surface area contributed by atoms with Crippen molar-refractivity contribution in [3.05, 3.63) is 22.4 Å². The van der Waals surface area contributed by atoms with E-state index < -0.39 is 5.41 Å². The van der Waals surface area contributed by atoms with Gasteiger partial charge in [-0.05, 0) is 41.7 Å². The summed E-state index contributed by atoms with van der Waals surface area (Å²) in [5.41, 5.74) is 0.659. The third-order valence-electron chi connectivity index (χ3n) is 4.11. The van der Waals surface area contributed by atoms with E-state index in [9.17, 15) is 9.59 Å². The van der Waals surface area contributed by atoms with Crippen LogP contribution >= 0.6 is 11.3 Å². The van der Waals surface area contributed by atoms with Gasteiger partial charge in [-0.2, -0.15) is 11.3 Å². The molecule has 0 radical (unpaired) electrons. The van der Waals surface area contributed by atoms with E-state index >= 15 is 0 Å². The van der Waals surface area contributed by atoms with Gasteiger partial charge in [0.05, 0.1) is 12.5 Å². The molecule has 1 N–H and O–H groups in total. The van der Waals surface area contributed by atoms with Crippen molar-refractivity contribution in [2.45, 2.75) is 26.2 Å². The number of likely N-dealkylation sites (tertiary alicyclic amines) is 1. The molecule has 1 fully saturated rings. The van der Waals surface area contributed by atoms with E-state index in [2.05, 4.69) is 23.7 Å². The highest BCUT2D eigenvalue weighted by atomic mass is 32.1. The van der Waals surface area contributed by atoms with Crippen molar-refractivity contribution in [2.75, 3.05) is 26.7 Å². The van der Waals surface area contributed by atoms with Crippen molar-refractivity contribution in [2.24, 2.45) is 5.41 Å². The molecule has 1 aromatic heterocycles. The van der Waals surface area contributed by atoms with Crippen molar-refractivity contribution >= 4 is 23.3 Å². The molecular formula is C15H22N2O3S. The Morgan fingerprint density at radius 3 is 2.95 bits per heavy atom. The topological polar surface area (TPSA) is 58.6 Å². The van der Waals surface area contributed by atoms with Crippen LogP contribution in [0.4, 0.5) is 4.79 Å². The molecule has 5 nitrogen and oxygen atoms in total. The Bertz CT molecular complexity index is 503. The molecular weight excluding hydrogens is 288 g/mol. The lowest BCUT2D eigenvalue weighted by atomic mass is 9.90. The molecule has 1 aliphatic heterocycles. The van der Waals surface area contributed by atoms with E-state index in [1.807, 2.05) is 12.3 Å². The van der Waals surface area contributed by atoms with E-state index in [1.165, 1.54) is 12.7 Å². The molecule has 0 aromatic carbocycles. The second-order valence-electron chi connectivity index (χ2n) is 5.87. The Hall–Kier alpha value is -1.56. The van der Waals surface area contributed by atoms with Crippen LogP contribution in [0.1, 0.15) is 31.7 Å². The van der Waals surface area contributed by atoms with Crippen molar-refractivity contribution < 1.29 is 14.3 Å². The van der Waals surface area contributed by atoms with Crippen LogP contribution in [0.25, 0.3) is 0 Å². The number of urea groups is 1. The van der Waals surface area contributed by atoms with Gasteiger partial charge in [-0.3, -0.25) is 4.79 Å². The smallest absolute Gasteiger partial charge is 0.317 e. The summed E-state index contributed by atoms with van der Waals surface area (Å²) in [7, 11) is 1.39. The summed E-state index contributed by atoms with van der Waals surface area (Å²) in [6, 6.07) is 1.97. The minimum atomic E-state index is -0.578. The zero-order chi connectivity index (χ0) is 15.5. The number of hydrogen-bond acceptors (Lipinski definition) is 4. The molecule has 0 unspecified atom stereocenters. The second kappa shape index (κ2) is 6.47. The number of carbonyl (C=O) groups is 2. The number of amides is 2. The van der Waals surface area contributed by atoms with Gasteiger partial charge in [0.15, 0.2) is 0 Å². The molecule has 0 spiro atoms. The largest absolute Gasteiger partial charge is 0.469 e. The van der Waals surface area contributed by atoms with Crippen LogP contribution in [0.2, 0.25) is 0 Å². The van der Waals surface area contributed by atoms with Crippen LogP contribution < -0.4 is 5.32 Å². The number of carbonyl (C=O) groups excluding carboxylic acids is 2. The Balaban J connectivity index is 1.84. The summed E-state index contributed by atoms with van der Waals surface area (Å²) in [6.45, 7) is 5.54. The van der Waals surface area contributed by atoms with Gasteiger partial charge in [0.2, 0.25) is 0 Å². The molecule has 2 rings (SSSR count). The third kappa shape index (κ3) is 3.56. The standard InChI is InChI=1S/C15H22N2O3S/c1-11(12-4-7-21-9-12)8-16-14(19)17-6-5-15(2,10-17)13(18)20-3/h4,7,9,11H,5-6,8,10H2,1-3H3,(H,16,19)/t11-,15+/m0/s1. The highest BCUT2D eigenvalue weighted by molar-refractivity contribution is 7.07. The summed E-state index contributed by atoms with van der Waals surface area (Å²) < 4.78 is 4.82. The number of nitrogens with one attached hydrogen (secondary N) is 1. The fourth-order valence-corrected chi connectivity index (χ4v) is 3.36. The Morgan fingerprint density at radius 1 is 1.57 bits per heavy atom. The van der Waals surface area contributed by atoms with Crippen LogP contribution in [0.5, 0.6) is 0 Å². The van der Waals surface area contributed by atoms with Gasteiger partial charge in [-0.15, -0.1) is 0 Å². The van der Waals surface area contributed by atoms with E-state index in [0.29, 0.717) is 26.1 Å². The van der Waals surface area contributed by atoms with Gasteiger partial charge in [-0.25, -0.2) is 4.79 Å². The molecule has 6 heteroatoms. The van der Waals surface area contributed by atoms with Gasteiger partial charge in [0, 0.05) is 19.6 Å². The summed E-state index contributed by atoms with van der Waals surface area (Å²) in [6.07, 6.45) is 0.646. The number of methoxy groups -OCH3 is 1. The minimum Gasteiger partial charge on any atom is -0.469 e. The van der Waals surface area contributed by atoms with Crippen molar-refractivity contribution in [3.63, 3.8) is 0 Å². The molecule has 2 amide bonds. The monoisotopic (exact) mass is 310 g/mol. The number of rotatable bonds is 4. The number of esters is 1. The lowest BCUT2D eigenvalue weighted by molar-refractivity contribution is -0.150. The third-order valence-corrected chi connectivity index (χ3v) is 4.81. The van der Waals surface area contributed by atoms with Crippen molar-refractivity contribution in [1.82, 2.24) is 10.2 Å². The van der Waals surface area contributed by atoms with Gasteiger partial charge in [-0.1, -0.05) is 6.92 Å². The molecule has 0 aliphatic carbocycles. The zero-order valence-electron chi connectivity index (χ0n) is 12.7. The first-order valence-electron chi connectivity index (χ1n) is 7.09. The van der Waals surface area contributed by atoms with Gasteiger partial charge in [0.1, 0.15) is 0 Å². The summed E-state index contributed by atoms with van der Waals surface area (Å²) in [4.78, 5) is 25.6. The average Bonchev–Trinajstić information content (AvgIpc) is 3.13. The second-order valence-corrected chi connectivity index (χ2v) is 6.65. The predicted molar refractivity (Wildman–Crippen MR) is 82.4 cm³/mol. The van der Waals surface area contributed by atoms with Gasteiger partial charge in [0.25, 0.3) is 0 Å². The van der Waals surface area contributed by atoms with Crippen LogP contribution in [0, 0.1) is 5.41 Å². The van der Waals surface area contributed by atoms with Gasteiger partial charge >= 0.3 is 12.0 Å². The highest BCUT2D eigenvalue weighted by Gasteiger charge is 2.42. The summed E-state index contributed by atoms with van der Waals surface area (Å²) >= 11 is 1.66. The molecule has 2 atom stereocenters. The maximum atomic E-state index is 12.2. The molecule has 0 saturated carbocycles. The van der Waals surface area contributed by atoms with Crippen LogP contribution in [-0.4, -0.2) is 43.6 Å². The fraction of sp³-hybridized carbons (Fsp3) is 0.600. The SMILES string of the molecule is COC(=O)[C@]1(C)CCN(C(=O)NC[C@H](C)c2ccsc2)C1. The quantitative estimate of drug-likeness (QED) is 0.869. The lowest BCUT2D eigenvalue weighted by Gasteiger charge is -2.22. The van der Waals surface area contributed by atoms with Crippen LogP contribution in [0.3, 0.4) is 0 Å². The fourth-order valence-electron chi connectivity index (χ4n) is 2.57. The molecule has 1 aromatic rings. The molecule has 21 heavy (non-hydrogen) atoms. The van der Waals surface area contributed by atoms with E-state index in [-0.39, 0.29) is 17.9 Å². The Morgan fingerprint density at radius 2 is 2.33 bits per heavy atom. The summed E-state index contributed by atoms with van der Waals surface area (Å²) in [5.74, 6) is 0.0410. The van der Waals surface area contributed by atoms with Crippen LogP contribution in [0.15, 0.2) is 16.8 Å². The maximum absolute atomic E-state index is 12.2. The first-order valence-corrected chi connectivity index (χ1v) is 8.04. The predicted octanol–water partition coefficient (Wildman–Crippen LogP) is 2.45. The maximum Gasteiger partial charge on any atom is 0.317 e. The first kappa shape index (κ1) is 15.8. The Kier molecular flexibility index (Phi) is 4.88. The Labute approximate surface area is 129 Å². The van der Waals surface area contributed by atoms with E-state index in [0.717, 1.165) is 0 Å². The molecule has 1 saturated heterocycles. The zero-order valence-corrected chi connectivity index (χ0v) is 13.5. The molecule has 0 bridgehead atoms. The molecule has 1 aliphatic rings. The summed E-state index contributed by atoms with van der Waals surface area (Å²) in [5, 5.41) is 7.08. The minimum absolute atomic E-state index is 0.107. The lowest BCUT2D eigenvalue weighted by Crippen LogP contribution is -2.42. The first-order chi connectivity index (χ1) is 9.96.